The average molecular weight is 428 g/mol. The van der Waals surface area contributed by atoms with Crippen LogP contribution in [0.2, 0.25) is 0 Å². The molecule has 4 saturated carbocycles. The summed E-state index contributed by atoms with van der Waals surface area (Å²) in [6, 6.07) is 0.239. The molecule has 4 aliphatic rings. The third-order valence-corrected chi connectivity index (χ3v) is 7.20. The van der Waals surface area contributed by atoms with Gasteiger partial charge in [0.25, 0.3) is 0 Å². The molecule has 3 amide bonds. The summed E-state index contributed by atoms with van der Waals surface area (Å²) < 4.78 is 38.3. The fourth-order valence-corrected chi connectivity index (χ4v) is 6.27. The highest BCUT2D eigenvalue weighted by atomic mass is 32.2. The molecule has 1 heterocycles. The lowest BCUT2D eigenvalue weighted by molar-refractivity contribution is -0.141. The van der Waals surface area contributed by atoms with Gasteiger partial charge in [0.2, 0.25) is 5.91 Å². The van der Waals surface area contributed by atoms with Crippen molar-refractivity contribution < 1.29 is 22.8 Å². The number of hydrogen-bond donors (Lipinski definition) is 2. The van der Waals surface area contributed by atoms with Gasteiger partial charge in [-0.2, -0.15) is 13.2 Å². The fraction of sp³-hybridized carbons (Fsp3) is 0.684. The van der Waals surface area contributed by atoms with Crippen LogP contribution in [-0.2, 0) is 11.0 Å². The number of imide groups is 1. The Bertz CT molecular complexity index is 782. The summed E-state index contributed by atoms with van der Waals surface area (Å²) in [5.74, 6) is 1.39. The normalized spacial score (nSPS) is 31.4. The molecule has 0 spiro atoms. The molecule has 6 nitrogen and oxygen atoms in total. The first-order valence-electron chi connectivity index (χ1n) is 9.82. The first-order valence-corrected chi connectivity index (χ1v) is 10.7. The molecule has 4 aliphatic carbocycles. The summed E-state index contributed by atoms with van der Waals surface area (Å²) in [5.41, 5.74) is -1.29. The minimum absolute atomic E-state index is 0.163. The van der Waals surface area contributed by atoms with E-state index in [4.69, 9.17) is 0 Å². The van der Waals surface area contributed by atoms with Gasteiger partial charge >= 0.3 is 12.2 Å². The number of carbonyl (C=O) groups excluding carboxylic acids is 2. The maximum atomic E-state index is 12.8. The standard InChI is InChI=1S/C19H23F3N4O2S/c1-10(29-17-23-3-2-14(24-17)19(20,21)22)15(27)25-16(28)26-18-7-11-4-12(8-18)6-13(5-11)9-18/h2-3,10-13H,4-9H2,1H3,(H2,25,26,27,28)/t10-,11?,12?,13?,18?/m0/s1. The van der Waals surface area contributed by atoms with Crippen molar-refractivity contribution in [3.05, 3.63) is 18.0 Å². The van der Waals surface area contributed by atoms with Crippen molar-refractivity contribution in [3.63, 3.8) is 0 Å². The third kappa shape index (κ3) is 4.51. The van der Waals surface area contributed by atoms with E-state index in [-0.39, 0.29) is 10.7 Å². The zero-order chi connectivity index (χ0) is 20.8. The minimum atomic E-state index is -4.58. The Labute approximate surface area is 170 Å². The van der Waals surface area contributed by atoms with Gasteiger partial charge in [-0.3, -0.25) is 10.1 Å². The van der Waals surface area contributed by atoms with Crippen LogP contribution in [0.15, 0.2) is 17.4 Å². The predicted molar refractivity (Wildman–Crippen MR) is 99.9 cm³/mol. The Morgan fingerprint density at radius 3 is 2.31 bits per heavy atom. The molecule has 2 N–H and O–H groups in total. The van der Waals surface area contributed by atoms with Gasteiger partial charge < -0.3 is 5.32 Å². The molecule has 10 heteroatoms. The minimum Gasteiger partial charge on any atom is -0.332 e. The molecule has 1 aromatic heterocycles. The number of aromatic nitrogens is 2. The molecule has 0 aliphatic heterocycles. The SMILES string of the molecule is C[C@H](Sc1nccc(C(F)(F)F)n1)C(=O)NC(=O)NC12CC3CC(CC(C3)C1)C2. The Morgan fingerprint density at radius 2 is 1.76 bits per heavy atom. The Balaban J connectivity index is 1.33. The second kappa shape index (κ2) is 7.45. The summed E-state index contributed by atoms with van der Waals surface area (Å²) in [5, 5.41) is 4.39. The van der Waals surface area contributed by atoms with E-state index in [1.54, 1.807) is 0 Å². The van der Waals surface area contributed by atoms with Gasteiger partial charge in [-0.25, -0.2) is 14.8 Å². The number of amides is 3. The summed E-state index contributed by atoms with van der Waals surface area (Å²) in [6.45, 7) is 1.50. The van der Waals surface area contributed by atoms with Gasteiger partial charge in [0, 0.05) is 11.7 Å². The highest BCUT2D eigenvalue weighted by Gasteiger charge is 2.51. The van der Waals surface area contributed by atoms with Gasteiger partial charge in [0.1, 0.15) is 5.69 Å². The highest BCUT2D eigenvalue weighted by molar-refractivity contribution is 8.00. The summed E-state index contributed by atoms with van der Waals surface area (Å²) in [7, 11) is 0. The van der Waals surface area contributed by atoms with Crippen LogP contribution in [-0.4, -0.2) is 32.7 Å². The van der Waals surface area contributed by atoms with Crippen molar-refractivity contribution >= 4 is 23.7 Å². The number of hydrogen-bond acceptors (Lipinski definition) is 5. The molecule has 1 aromatic rings. The molecule has 4 fully saturated rings. The molecule has 158 valence electrons. The lowest BCUT2D eigenvalue weighted by atomic mass is 9.53. The molecule has 0 aromatic carbocycles. The second-order valence-corrected chi connectivity index (χ2v) is 9.93. The number of carbonyl (C=O) groups is 2. The monoisotopic (exact) mass is 428 g/mol. The van der Waals surface area contributed by atoms with E-state index in [2.05, 4.69) is 20.6 Å². The smallest absolute Gasteiger partial charge is 0.332 e. The number of thioether (sulfide) groups is 1. The van der Waals surface area contributed by atoms with Gasteiger partial charge in [-0.1, -0.05) is 11.8 Å². The van der Waals surface area contributed by atoms with Crippen LogP contribution < -0.4 is 10.6 Å². The van der Waals surface area contributed by atoms with Crippen LogP contribution in [0, 0.1) is 17.8 Å². The zero-order valence-electron chi connectivity index (χ0n) is 16.0. The van der Waals surface area contributed by atoms with E-state index < -0.39 is 29.1 Å². The first-order chi connectivity index (χ1) is 13.6. The Morgan fingerprint density at radius 1 is 1.17 bits per heavy atom. The van der Waals surface area contributed by atoms with Crippen LogP contribution >= 0.6 is 11.8 Å². The Hall–Kier alpha value is -1.84. The van der Waals surface area contributed by atoms with Crippen LogP contribution in [0.25, 0.3) is 0 Å². The molecule has 4 bridgehead atoms. The van der Waals surface area contributed by atoms with E-state index >= 15 is 0 Å². The summed E-state index contributed by atoms with van der Waals surface area (Å²) in [6.07, 6.45) is 3.03. The third-order valence-electron chi connectivity index (χ3n) is 6.23. The molecule has 5 rings (SSSR count). The predicted octanol–water partition coefficient (Wildman–Crippen LogP) is 3.77. The van der Waals surface area contributed by atoms with Crippen molar-refractivity contribution in [2.24, 2.45) is 17.8 Å². The molecular formula is C19H23F3N4O2S. The van der Waals surface area contributed by atoms with Crippen molar-refractivity contribution in [2.75, 3.05) is 0 Å². The molecular weight excluding hydrogens is 405 g/mol. The van der Waals surface area contributed by atoms with Crippen molar-refractivity contribution in [1.82, 2.24) is 20.6 Å². The molecule has 0 unspecified atom stereocenters. The van der Waals surface area contributed by atoms with Crippen molar-refractivity contribution in [3.8, 4) is 0 Å². The van der Waals surface area contributed by atoms with Gasteiger partial charge in [-0.15, -0.1) is 0 Å². The summed E-state index contributed by atoms with van der Waals surface area (Å²) in [4.78, 5) is 32.0. The topological polar surface area (TPSA) is 84.0 Å². The van der Waals surface area contributed by atoms with E-state index in [0.29, 0.717) is 17.8 Å². The lowest BCUT2D eigenvalue weighted by Crippen LogP contribution is -2.62. The molecule has 0 saturated heterocycles. The van der Waals surface area contributed by atoms with Crippen LogP contribution in [0.3, 0.4) is 0 Å². The van der Waals surface area contributed by atoms with Crippen LogP contribution in [0.4, 0.5) is 18.0 Å². The maximum absolute atomic E-state index is 12.8. The number of halogens is 3. The molecule has 1 atom stereocenters. The van der Waals surface area contributed by atoms with Crippen molar-refractivity contribution in [2.45, 2.75) is 67.6 Å². The lowest BCUT2D eigenvalue weighted by Gasteiger charge is -2.56. The van der Waals surface area contributed by atoms with E-state index in [1.807, 2.05) is 0 Å². The van der Waals surface area contributed by atoms with Crippen molar-refractivity contribution in [1.29, 1.82) is 0 Å². The molecule has 29 heavy (non-hydrogen) atoms. The van der Waals surface area contributed by atoms with Gasteiger partial charge in [-0.05, 0) is 69.3 Å². The average Bonchev–Trinajstić information content (AvgIpc) is 2.59. The number of nitrogens with one attached hydrogen (secondary N) is 2. The van der Waals surface area contributed by atoms with Crippen LogP contribution in [0.5, 0.6) is 0 Å². The number of rotatable bonds is 4. The van der Waals surface area contributed by atoms with E-state index in [9.17, 15) is 22.8 Å². The Kier molecular flexibility index (Phi) is 5.25. The van der Waals surface area contributed by atoms with E-state index in [1.165, 1.54) is 26.2 Å². The second-order valence-electron chi connectivity index (χ2n) is 8.62. The van der Waals surface area contributed by atoms with Gasteiger partial charge in [0.15, 0.2) is 5.16 Å². The molecule has 0 radical (unpaired) electrons. The largest absolute Gasteiger partial charge is 0.433 e. The first kappa shape index (κ1) is 20.4. The number of urea groups is 1. The quantitative estimate of drug-likeness (QED) is 0.563. The summed E-state index contributed by atoms with van der Waals surface area (Å²) >= 11 is 0.780. The van der Waals surface area contributed by atoms with Crippen LogP contribution in [0.1, 0.15) is 51.1 Å². The number of alkyl halides is 3. The highest BCUT2D eigenvalue weighted by Crippen LogP contribution is 2.55. The fourth-order valence-electron chi connectivity index (χ4n) is 5.52. The zero-order valence-corrected chi connectivity index (χ0v) is 16.8. The number of nitrogens with zero attached hydrogens (tertiary/aromatic N) is 2. The maximum Gasteiger partial charge on any atom is 0.433 e. The van der Waals surface area contributed by atoms with Gasteiger partial charge in [0.05, 0.1) is 5.25 Å². The van der Waals surface area contributed by atoms with E-state index in [0.717, 1.165) is 43.3 Å².